The molecule has 0 atom stereocenters. The number of rotatable bonds is 3. The molecule has 6 heteroatoms. The third-order valence-electron chi connectivity index (χ3n) is 1.88. The molecule has 0 saturated carbocycles. The Labute approximate surface area is 118 Å². The number of thiophene rings is 2. The van der Waals surface area contributed by atoms with Crippen molar-refractivity contribution in [3.8, 4) is 0 Å². The molecule has 0 aromatic carbocycles. The van der Waals surface area contributed by atoms with E-state index in [9.17, 15) is 4.79 Å². The van der Waals surface area contributed by atoms with Crippen molar-refractivity contribution in [1.82, 2.24) is 5.32 Å². The molecule has 0 spiro atoms. The van der Waals surface area contributed by atoms with Crippen molar-refractivity contribution < 1.29 is 4.79 Å². The molecule has 2 rings (SSSR count). The Kier molecular flexibility index (Phi) is 4.18. The molecule has 1 N–H and O–H groups in total. The molecule has 1 amide bonds. The lowest BCUT2D eigenvalue weighted by atomic mass is 10.3. The van der Waals surface area contributed by atoms with Gasteiger partial charge in [0.1, 0.15) is 0 Å². The molecule has 0 radical (unpaired) electrons. The van der Waals surface area contributed by atoms with Gasteiger partial charge in [-0.1, -0.05) is 0 Å². The molecule has 0 aliphatic heterocycles. The van der Waals surface area contributed by atoms with Gasteiger partial charge in [0, 0.05) is 10.3 Å². The molecule has 0 aliphatic carbocycles. The average molecular weight is 381 g/mol. The summed E-state index contributed by atoms with van der Waals surface area (Å²) in [5.41, 5.74) is 0.701. The molecule has 0 aliphatic rings. The van der Waals surface area contributed by atoms with E-state index in [0.717, 1.165) is 12.4 Å². The maximum Gasteiger partial charge on any atom is 0.252 e. The van der Waals surface area contributed by atoms with Crippen LogP contribution in [-0.4, -0.2) is 5.91 Å². The van der Waals surface area contributed by atoms with E-state index in [1.165, 1.54) is 11.3 Å². The van der Waals surface area contributed by atoms with Gasteiger partial charge in [-0.3, -0.25) is 4.79 Å². The smallest absolute Gasteiger partial charge is 0.252 e. The van der Waals surface area contributed by atoms with Crippen molar-refractivity contribution in [3.63, 3.8) is 0 Å². The van der Waals surface area contributed by atoms with Gasteiger partial charge in [0.15, 0.2) is 0 Å². The van der Waals surface area contributed by atoms with Gasteiger partial charge < -0.3 is 5.32 Å². The van der Waals surface area contributed by atoms with Crippen LogP contribution in [0.15, 0.2) is 31.2 Å². The highest BCUT2D eigenvalue weighted by Gasteiger charge is 2.07. The Morgan fingerprint density at radius 2 is 2.12 bits per heavy atom. The van der Waals surface area contributed by atoms with E-state index in [4.69, 9.17) is 0 Å². The van der Waals surface area contributed by atoms with E-state index in [0.29, 0.717) is 12.1 Å². The number of nitrogens with one attached hydrogen (secondary N) is 1. The molecule has 2 heterocycles. The van der Waals surface area contributed by atoms with Crippen LogP contribution < -0.4 is 5.32 Å². The fourth-order valence-electron chi connectivity index (χ4n) is 1.15. The third kappa shape index (κ3) is 3.16. The molecule has 0 unspecified atom stereocenters. The summed E-state index contributed by atoms with van der Waals surface area (Å²) in [7, 11) is 0. The summed E-state index contributed by atoms with van der Waals surface area (Å²) in [5.74, 6) is -0.0357. The van der Waals surface area contributed by atoms with Gasteiger partial charge in [0.2, 0.25) is 0 Å². The number of hydrogen-bond donors (Lipinski definition) is 1. The first-order chi connectivity index (χ1) is 7.65. The Balaban J connectivity index is 1.93. The van der Waals surface area contributed by atoms with E-state index in [-0.39, 0.29) is 5.91 Å². The van der Waals surface area contributed by atoms with Crippen molar-refractivity contribution in [2.75, 3.05) is 0 Å². The predicted octanol–water partition coefficient (Wildman–Crippen LogP) is 4.26. The minimum atomic E-state index is -0.0357. The highest BCUT2D eigenvalue weighted by Crippen LogP contribution is 2.23. The fraction of sp³-hybridized carbons (Fsp3) is 0.100. The molecule has 0 fully saturated rings. The normalized spacial score (nSPS) is 10.4. The highest BCUT2D eigenvalue weighted by molar-refractivity contribution is 9.11. The SMILES string of the molecule is O=C(NCc1ccc(Br)s1)c1csc(Br)c1. The first-order valence-corrected chi connectivity index (χ1v) is 7.70. The molecule has 0 bridgehead atoms. The van der Waals surface area contributed by atoms with E-state index >= 15 is 0 Å². The number of carbonyl (C=O) groups is 1. The van der Waals surface area contributed by atoms with Crippen molar-refractivity contribution >= 4 is 60.4 Å². The third-order valence-corrected chi connectivity index (χ3v) is 5.01. The van der Waals surface area contributed by atoms with Gasteiger partial charge >= 0.3 is 0 Å². The molecular weight excluding hydrogens is 374 g/mol. The van der Waals surface area contributed by atoms with Crippen molar-refractivity contribution in [2.24, 2.45) is 0 Å². The Hall–Kier alpha value is -0.170. The van der Waals surface area contributed by atoms with Crippen molar-refractivity contribution in [1.29, 1.82) is 0 Å². The summed E-state index contributed by atoms with van der Waals surface area (Å²) in [6.07, 6.45) is 0. The molecule has 0 saturated heterocycles. The monoisotopic (exact) mass is 379 g/mol. The number of hydrogen-bond acceptors (Lipinski definition) is 3. The lowest BCUT2D eigenvalue weighted by molar-refractivity contribution is 0.0952. The van der Waals surface area contributed by atoms with Gasteiger partial charge in [-0.15, -0.1) is 22.7 Å². The summed E-state index contributed by atoms with van der Waals surface area (Å²) < 4.78 is 2.05. The van der Waals surface area contributed by atoms with Crippen LogP contribution in [0, 0.1) is 0 Å². The second-order valence-electron chi connectivity index (χ2n) is 3.03. The Morgan fingerprint density at radius 3 is 2.69 bits per heavy atom. The van der Waals surface area contributed by atoms with Crippen LogP contribution in [0.2, 0.25) is 0 Å². The van der Waals surface area contributed by atoms with E-state index in [2.05, 4.69) is 37.2 Å². The lowest BCUT2D eigenvalue weighted by Gasteiger charge is -2.00. The lowest BCUT2D eigenvalue weighted by Crippen LogP contribution is -2.21. The van der Waals surface area contributed by atoms with Crippen LogP contribution in [0.5, 0.6) is 0 Å². The molecule has 2 aromatic heterocycles. The van der Waals surface area contributed by atoms with Crippen LogP contribution in [0.4, 0.5) is 0 Å². The fourth-order valence-corrected chi connectivity index (χ4v) is 3.70. The second-order valence-corrected chi connectivity index (χ2v) is 7.87. The van der Waals surface area contributed by atoms with E-state index in [1.54, 1.807) is 11.3 Å². The van der Waals surface area contributed by atoms with Crippen molar-refractivity contribution in [2.45, 2.75) is 6.54 Å². The van der Waals surface area contributed by atoms with Gasteiger partial charge in [-0.05, 0) is 50.1 Å². The van der Waals surface area contributed by atoms with Crippen LogP contribution >= 0.6 is 54.5 Å². The molecule has 16 heavy (non-hydrogen) atoms. The second kappa shape index (κ2) is 5.44. The van der Waals surface area contributed by atoms with E-state index in [1.807, 2.05) is 23.6 Å². The zero-order chi connectivity index (χ0) is 11.5. The summed E-state index contributed by atoms with van der Waals surface area (Å²) in [5, 5.41) is 4.72. The van der Waals surface area contributed by atoms with Gasteiger partial charge in [0.05, 0.1) is 19.7 Å². The van der Waals surface area contributed by atoms with Crippen LogP contribution in [0.1, 0.15) is 15.2 Å². The zero-order valence-electron chi connectivity index (χ0n) is 8.00. The largest absolute Gasteiger partial charge is 0.347 e. The summed E-state index contributed by atoms with van der Waals surface area (Å²) in [6.45, 7) is 0.572. The van der Waals surface area contributed by atoms with Gasteiger partial charge in [-0.2, -0.15) is 0 Å². The average Bonchev–Trinajstić information content (AvgIpc) is 2.84. The predicted molar refractivity (Wildman–Crippen MR) is 75.2 cm³/mol. The maximum absolute atomic E-state index is 11.7. The molecule has 84 valence electrons. The Bertz CT molecular complexity index is 506. The van der Waals surface area contributed by atoms with Crippen molar-refractivity contribution in [3.05, 3.63) is 41.6 Å². The summed E-state index contributed by atoms with van der Waals surface area (Å²) in [4.78, 5) is 12.8. The quantitative estimate of drug-likeness (QED) is 0.846. The molecular formula is C10H7Br2NOS2. The standard InChI is InChI=1S/C10H7Br2NOS2/c11-8-2-1-7(16-8)4-13-10(14)6-3-9(12)15-5-6/h1-3,5H,4H2,(H,13,14). The number of carbonyl (C=O) groups excluding carboxylic acids is 1. The van der Waals surface area contributed by atoms with Crippen LogP contribution in [-0.2, 0) is 6.54 Å². The minimum Gasteiger partial charge on any atom is -0.347 e. The van der Waals surface area contributed by atoms with Crippen LogP contribution in [0.25, 0.3) is 0 Å². The summed E-state index contributed by atoms with van der Waals surface area (Å²) >= 11 is 9.86. The maximum atomic E-state index is 11.7. The Morgan fingerprint density at radius 1 is 1.31 bits per heavy atom. The highest BCUT2D eigenvalue weighted by atomic mass is 79.9. The molecule has 2 nitrogen and oxygen atoms in total. The van der Waals surface area contributed by atoms with Gasteiger partial charge in [0.25, 0.3) is 5.91 Å². The minimum absolute atomic E-state index is 0.0357. The first kappa shape index (κ1) is 12.3. The van der Waals surface area contributed by atoms with Gasteiger partial charge in [-0.25, -0.2) is 0 Å². The molecule has 2 aromatic rings. The van der Waals surface area contributed by atoms with Crippen LogP contribution in [0.3, 0.4) is 0 Å². The number of halogens is 2. The number of amides is 1. The van der Waals surface area contributed by atoms with E-state index < -0.39 is 0 Å². The summed E-state index contributed by atoms with van der Waals surface area (Å²) in [6, 6.07) is 5.80. The topological polar surface area (TPSA) is 29.1 Å². The zero-order valence-corrected chi connectivity index (χ0v) is 12.8. The first-order valence-electron chi connectivity index (χ1n) is 4.41.